The Balaban J connectivity index is 1.89. The number of nitrogens with zero attached hydrogens (tertiary/aromatic N) is 1. The number of hydrogen-bond donors (Lipinski definition) is 0. The van der Waals surface area contributed by atoms with E-state index in [4.69, 9.17) is 0 Å². The Bertz CT molecular complexity index is 942. The van der Waals surface area contributed by atoms with Crippen LogP contribution in [0.3, 0.4) is 0 Å². The molecule has 0 amide bonds. The Kier molecular flexibility index (Phi) is 7.85. The van der Waals surface area contributed by atoms with Crippen LogP contribution in [0.25, 0.3) is 0 Å². The van der Waals surface area contributed by atoms with Crippen LogP contribution >= 0.6 is 0 Å². The SMILES string of the molecule is CC[Si](CC)(CC)CC(=O)[C@H]1CCCN1C(c1ccccc1)(c1ccccc1)c1ccccc1. The van der Waals surface area contributed by atoms with E-state index in [1.165, 1.54) is 34.8 Å². The number of likely N-dealkylation sites (tertiary alicyclic amines) is 1. The van der Waals surface area contributed by atoms with E-state index in [1.807, 2.05) is 0 Å². The van der Waals surface area contributed by atoms with E-state index in [2.05, 4.69) is 117 Å². The van der Waals surface area contributed by atoms with Crippen LogP contribution in [0.1, 0.15) is 50.3 Å². The average molecular weight is 470 g/mol. The lowest BCUT2D eigenvalue weighted by atomic mass is 9.75. The van der Waals surface area contributed by atoms with E-state index < -0.39 is 13.6 Å². The summed E-state index contributed by atoms with van der Waals surface area (Å²) in [6, 6.07) is 36.8. The zero-order valence-electron chi connectivity index (χ0n) is 21.0. The van der Waals surface area contributed by atoms with Gasteiger partial charge in [0.05, 0.1) is 19.7 Å². The predicted octanol–water partition coefficient (Wildman–Crippen LogP) is 7.52. The lowest BCUT2D eigenvalue weighted by Gasteiger charge is -2.46. The van der Waals surface area contributed by atoms with Crippen molar-refractivity contribution < 1.29 is 4.79 Å². The van der Waals surface area contributed by atoms with Gasteiger partial charge in [0.25, 0.3) is 0 Å². The van der Waals surface area contributed by atoms with Gasteiger partial charge in [0.15, 0.2) is 0 Å². The minimum absolute atomic E-state index is 0.0443. The van der Waals surface area contributed by atoms with Gasteiger partial charge in [0.2, 0.25) is 0 Å². The molecule has 0 aromatic heterocycles. The highest BCUT2D eigenvalue weighted by Crippen LogP contribution is 2.46. The van der Waals surface area contributed by atoms with Crippen LogP contribution in [-0.2, 0) is 10.3 Å². The van der Waals surface area contributed by atoms with Crippen molar-refractivity contribution in [2.45, 2.75) is 69.4 Å². The first-order valence-corrected chi connectivity index (χ1v) is 15.9. The third-order valence-corrected chi connectivity index (χ3v) is 14.0. The smallest absolute Gasteiger partial charge is 0.147 e. The van der Waals surface area contributed by atoms with Crippen molar-refractivity contribution >= 4 is 13.9 Å². The summed E-state index contributed by atoms with van der Waals surface area (Å²) in [6.07, 6.45) is 2.01. The first kappa shape index (κ1) is 24.6. The molecule has 1 saturated heterocycles. The van der Waals surface area contributed by atoms with Crippen molar-refractivity contribution in [1.29, 1.82) is 0 Å². The minimum atomic E-state index is -1.55. The fourth-order valence-corrected chi connectivity index (χ4v) is 9.38. The maximum atomic E-state index is 14.1. The Labute approximate surface area is 207 Å². The quantitative estimate of drug-likeness (QED) is 0.226. The topological polar surface area (TPSA) is 20.3 Å². The highest BCUT2D eigenvalue weighted by Gasteiger charge is 2.49. The molecule has 1 heterocycles. The third kappa shape index (κ3) is 4.44. The Hall–Kier alpha value is -2.49. The number of Topliss-reactive ketones (excluding diaryl/α,β-unsaturated/α-hetero) is 1. The van der Waals surface area contributed by atoms with E-state index >= 15 is 0 Å². The molecule has 34 heavy (non-hydrogen) atoms. The predicted molar refractivity (Wildman–Crippen MR) is 146 cm³/mol. The van der Waals surface area contributed by atoms with Gasteiger partial charge in [-0.2, -0.15) is 0 Å². The summed E-state index contributed by atoms with van der Waals surface area (Å²) in [6.45, 7) is 7.84. The molecule has 0 aliphatic carbocycles. The maximum Gasteiger partial charge on any atom is 0.147 e. The number of hydrogen-bond acceptors (Lipinski definition) is 2. The van der Waals surface area contributed by atoms with Crippen LogP contribution in [0.15, 0.2) is 91.0 Å². The summed E-state index contributed by atoms with van der Waals surface area (Å²) in [5.74, 6) is 0.474. The Morgan fingerprint density at radius 2 is 1.18 bits per heavy atom. The fourth-order valence-electron chi connectivity index (χ4n) is 6.15. The zero-order chi connectivity index (χ0) is 24.0. The van der Waals surface area contributed by atoms with Gasteiger partial charge in [-0.1, -0.05) is 130 Å². The molecule has 1 fully saturated rings. The summed E-state index contributed by atoms with van der Waals surface area (Å²) in [7, 11) is -1.55. The second kappa shape index (κ2) is 10.8. The molecule has 1 atom stereocenters. The number of carbonyl (C=O) groups is 1. The highest BCUT2D eigenvalue weighted by atomic mass is 28.3. The molecule has 0 saturated carbocycles. The molecular weight excluding hydrogens is 430 g/mol. The zero-order valence-corrected chi connectivity index (χ0v) is 22.0. The molecule has 1 aliphatic heterocycles. The second-order valence-electron chi connectivity index (χ2n) is 9.86. The number of benzene rings is 3. The van der Waals surface area contributed by atoms with Crippen molar-refractivity contribution in [3.05, 3.63) is 108 Å². The highest BCUT2D eigenvalue weighted by molar-refractivity contribution is 6.82. The molecule has 0 bridgehead atoms. The number of carbonyl (C=O) groups excluding carboxylic acids is 1. The molecule has 0 spiro atoms. The van der Waals surface area contributed by atoms with Crippen molar-refractivity contribution in [3.8, 4) is 0 Å². The molecule has 178 valence electrons. The van der Waals surface area contributed by atoms with Crippen LogP contribution < -0.4 is 0 Å². The molecular formula is C31H39NOSi. The van der Waals surface area contributed by atoms with Crippen LogP contribution in [0, 0.1) is 0 Å². The van der Waals surface area contributed by atoms with E-state index in [9.17, 15) is 4.79 Å². The van der Waals surface area contributed by atoms with Crippen molar-refractivity contribution in [3.63, 3.8) is 0 Å². The monoisotopic (exact) mass is 469 g/mol. The summed E-state index contributed by atoms with van der Waals surface area (Å²) < 4.78 is 0. The Morgan fingerprint density at radius 3 is 1.56 bits per heavy atom. The van der Waals surface area contributed by atoms with Gasteiger partial charge in [-0.05, 0) is 29.5 Å². The van der Waals surface area contributed by atoms with E-state index in [1.54, 1.807) is 0 Å². The number of rotatable bonds is 10. The van der Waals surface area contributed by atoms with Crippen LogP contribution in [0.4, 0.5) is 0 Å². The summed E-state index contributed by atoms with van der Waals surface area (Å²) in [5.41, 5.74) is 3.21. The molecule has 4 rings (SSSR count). The molecule has 3 aromatic carbocycles. The molecule has 1 aliphatic rings. The summed E-state index contributed by atoms with van der Waals surface area (Å²) >= 11 is 0. The normalized spacial score (nSPS) is 17.1. The molecule has 0 radical (unpaired) electrons. The van der Waals surface area contributed by atoms with Gasteiger partial charge in [-0.25, -0.2) is 0 Å². The van der Waals surface area contributed by atoms with Crippen molar-refractivity contribution in [2.24, 2.45) is 0 Å². The molecule has 2 nitrogen and oxygen atoms in total. The molecule has 3 heteroatoms. The van der Waals surface area contributed by atoms with Crippen LogP contribution in [0.5, 0.6) is 0 Å². The Morgan fingerprint density at radius 1 is 0.765 bits per heavy atom. The van der Waals surface area contributed by atoms with E-state index in [-0.39, 0.29) is 6.04 Å². The van der Waals surface area contributed by atoms with Gasteiger partial charge in [-0.15, -0.1) is 0 Å². The third-order valence-electron chi connectivity index (χ3n) is 8.43. The van der Waals surface area contributed by atoms with Crippen LogP contribution in [0.2, 0.25) is 24.2 Å². The molecule has 0 unspecified atom stereocenters. The van der Waals surface area contributed by atoms with Crippen LogP contribution in [-0.4, -0.2) is 31.3 Å². The second-order valence-corrected chi connectivity index (χ2v) is 15.3. The maximum absolute atomic E-state index is 14.1. The fraction of sp³-hybridized carbons (Fsp3) is 0.387. The van der Waals surface area contributed by atoms with E-state index in [0.717, 1.165) is 25.4 Å². The van der Waals surface area contributed by atoms with Gasteiger partial charge < -0.3 is 0 Å². The lowest BCUT2D eigenvalue weighted by Crippen LogP contribution is -2.53. The van der Waals surface area contributed by atoms with Crippen molar-refractivity contribution in [1.82, 2.24) is 4.90 Å². The van der Waals surface area contributed by atoms with Gasteiger partial charge in [0.1, 0.15) is 5.78 Å². The van der Waals surface area contributed by atoms with Gasteiger partial charge in [0, 0.05) is 12.6 Å². The summed E-state index contributed by atoms with van der Waals surface area (Å²) in [4.78, 5) is 16.6. The van der Waals surface area contributed by atoms with Gasteiger partial charge in [-0.3, -0.25) is 9.69 Å². The van der Waals surface area contributed by atoms with E-state index in [0.29, 0.717) is 5.78 Å². The number of ketones is 1. The van der Waals surface area contributed by atoms with Gasteiger partial charge >= 0.3 is 0 Å². The molecule has 3 aromatic rings. The molecule has 0 N–H and O–H groups in total. The first-order chi connectivity index (χ1) is 16.6. The summed E-state index contributed by atoms with van der Waals surface area (Å²) in [5, 5.41) is 0. The largest absolute Gasteiger partial charge is 0.298 e. The standard InChI is InChI=1S/C31H39NOSi/c1-4-34(5-2,6-3)25-30(33)29-23-16-24-32(29)31(26-17-10-7-11-18-26,27-19-12-8-13-20-27)28-21-14-9-15-22-28/h7-15,17-22,29H,4-6,16,23-25H2,1-3H3/t29-/m1/s1. The average Bonchev–Trinajstić information content (AvgIpc) is 3.40. The van der Waals surface area contributed by atoms with Crippen molar-refractivity contribution in [2.75, 3.05) is 6.54 Å². The minimum Gasteiger partial charge on any atom is -0.298 e. The first-order valence-electron chi connectivity index (χ1n) is 13.1. The lowest BCUT2D eigenvalue weighted by molar-refractivity contribution is -0.122.